The standard InChI is InChI=1S/C16H18N2O/c1-2-19-15-5-3-4-14-13(15)6-11-18(14)12-16(7-8-16)9-10-17/h3-6,11H,2,7-9,12H2,1H3. The third-order valence-electron chi connectivity index (χ3n) is 3.99. The molecular formula is C16H18N2O. The minimum absolute atomic E-state index is 0.225. The maximum atomic E-state index is 8.92. The fraction of sp³-hybridized carbons (Fsp3) is 0.438. The minimum atomic E-state index is 0.225. The Labute approximate surface area is 113 Å². The van der Waals surface area contributed by atoms with Crippen LogP contribution in [-0.4, -0.2) is 11.2 Å². The van der Waals surface area contributed by atoms with Crippen molar-refractivity contribution in [1.82, 2.24) is 4.57 Å². The Morgan fingerprint density at radius 1 is 1.37 bits per heavy atom. The molecule has 3 heteroatoms. The van der Waals surface area contributed by atoms with Crippen LogP contribution in [0.2, 0.25) is 0 Å². The van der Waals surface area contributed by atoms with Gasteiger partial charge in [-0.2, -0.15) is 5.26 Å². The lowest BCUT2D eigenvalue weighted by atomic mass is 10.0. The molecule has 3 rings (SSSR count). The number of rotatable bonds is 5. The van der Waals surface area contributed by atoms with E-state index in [0.29, 0.717) is 13.0 Å². The molecule has 0 spiro atoms. The number of hydrogen-bond donors (Lipinski definition) is 0. The van der Waals surface area contributed by atoms with E-state index >= 15 is 0 Å². The maximum absolute atomic E-state index is 8.92. The van der Waals surface area contributed by atoms with Crippen LogP contribution in [0, 0.1) is 16.7 Å². The molecule has 0 atom stereocenters. The lowest BCUT2D eigenvalue weighted by molar-refractivity contribution is 0.344. The molecule has 1 aliphatic rings. The van der Waals surface area contributed by atoms with Gasteiger partial charge in [0, 0.05) is 30.0 Å². The third-order valence-corrected chi connectivity index (χ3v) is 3.99. The van der Waals surface area contributed by atoms with Crippen LogP contribution in [-0.2, 0) is 6.54 Å². The molecular weight excluding hydrogens is 236 g/mol. The van der Waals surface area contributed by atoms with Crippen molar-refractivity contribution < 1.29 is 4.74 Å². The monoisotopic (exact) mass is 254 g/mol. The summed E-state index contributed by atoms with van der Waals surface area (Å²) < 4.78 is 7.93. The number of hydrogen-bond acceptors (Lipinski definition) is 2. The molecule has 0 radical (unpaired) electrons. The number of benzene rings is 1. The highest BCUT2D eigenvalue weighted by Crippen LogP contribution is 2.50. The van der Waals surface area contributed by atoms with Crippen molar-refractivity contribution >= 4 is 10.9 Å². The first-order valence-electron chi connectivity index (χ1n) is 6.86. The summed E-state index contributed by atoms with van der Waals surface area (Å²) >= 11 is 0. The number of nitrogens with zero attached hydrogens (tertiary/aromatic N) is 2. The average molecular weight is 254 g/mol. The van der Waals surface area contributed by atoms with Crippen LogP contribution < -0.4 is 4.74 Å². The van der Waals surface area contributed by atoms with Crippen LogP contribution in [0.5, 0.6) is 5.75 Å². The van der Waals surface area contributed by atoms with E-state index in [0.717, 1.165) is 17.7 Å². The Bertz CT molecular complexity index is 632. The zero-order valence-electron chi connectivity index (χ0n) is 11.2. The molecule has 1 aliphatic carbocycles. The highest BCUT2D eigenvalue weighted by molar-refractivity contribution is 5.86. The molecule has 0 amide bonds. The topological polar surface area (TPSA) is 38.0 Å². The van der Waals surface area contributed by atoms with Gasteiger partial charge in [0.15, 0.2) is 0 Å². The summed E-state index contributed by atoms with van der Waals surface area (Å²) in [6.07, 6.45) is 5.12. The summed E-state index contributed by atoms with van der Waals surface area (Å²) in [5, 5.41) is 10.1. The highest BCUT2D eigenvalue weighted by atomic mass is 16.5. The number of ether oxygens (including phenoxy) is 1. The van der Waals surface area contributed by atoms with E-state index in [-0.39, 0.29) is 5.41 Å². The lowest BCUT2D eigenvalue weighted by Crippen LogP contribution is -2.10. The second-order valence-corrected chi connectivity index (χ2v) is 5.40. The van der Waals surface area contributed by atoms with Crippen LogP contribution in [0.25, 0.3) is 10.9 Å². The second kappa shape index (κ2) is 4.62. The maximum Gasteiger partial charge on any atom is 0.128 e. The van der Waals surface area contributed by atoms with Gasteiger partial charge < -0.3 is 9.30 Å². The molecule has 0 bridgehead atoms. The molecule has 1 heterocycles. The summed E-state index contributed by atoms with van der Waals surface area (Å²) in [6, 6.07) is 10.6. The van der Waals surface area contributed by atoms with Crippen molar-refractivity contribution in [2.75, 3.05) is 6.61 Å². The largest absolute Gasteiger partial charge is 0.493 e. The Hall–Kier alpha value is -1.95. The summed E-state index contributed by atoms with van der Waals surface area (Å²) in [5.41, 5.74) is 1.43. The minimum Gasteiger partial charge on any atom is -0.493 e. The number of fused-ring (bicyclic) bond motifs is 1. The van der Waals surface area contributed by atoms with E-state index in [2.05, 4.69) is 29.0 Å². The molecule has 19 heavy (non-hydrogen) atoms. The van der Waals surface area contributed by atoms with E-state index in [4.69, 9.17) is 10.00 Å². The average Bonchev–Trinajstić information content (AvgIpc) is 3.03. The van der Waals surface area contributed by atoms with E-state index < -0.39 is 0 Å². The molecule has 3 nitrogen and oxygen atoms in total. The molecule has 1 aromatic carbocycles. The lowest BCUT2D eigenvalue weighted by Gasteiger charge is -2.13. The molecule has 1 fully saturated rings. The van der Waals surface area contributed by atoms with Crippen molar-refractivity contribution in [3.63, 3.8) is 0 Å². The van der Waals surface area contributed by atoms with Crippen LogP contribution in [0.1, 0.15) is 26.2 Å². The Kier molecular flexibility index (Phi) is 2.94. The smallest absolute Gasteiger partial charge is 0.128 e. The SMILES string of the molecule is CCOc1cccc2c1ccn2CC1(CC#N)CC1. The zero-order valence-corrected chi connectivity index (χ0v) is 11.2. The second-order valence-electron chi connectivity index (χ2n) is 5.40. The first-order chi connectivity index (χ1) is 9.28. The summed E-state index contributed by atoms with van der Waals surface area (Å²) in [5.74, 6) is 0.948. The van der Waals surface area contributed by atoms with Gasteiger partial charge >= 0.3 is 0 Å². The van der Waals surface area contributed by atoms with Crippen molar-refractivity contribution in [2.45, 2.75) is 32.7 Å². The zero-order chi connectivity index (χ0) is 13.3. The molecule has 1 saturated carbocycles. The van der Waals surface area contributed by atoms with Crippen LogP contribution in [0.4, 0.5) is 0 Å². The van der Waals surface area contributed by atoms with Crippen molar-refractivity contribution in [2.24, 2.45) is 5.41 Å². The third kappa shape index (κ3) is 2.19. The van der Waals surface area contributed by atoms with Gasteiger partial charge in [-0.3, -0.25) is 0 Å². The van der Waals surface area contributed by atoms with Gasteiger partial charge in [0.25, 0.3) is 0 Å². The Balaban J connectivity index is 1.93. The fourth-order valence-corrected chi connectivity index (χ4v) is 2.71. The van der Waals surface area contributed by atoms with E-state index in [1.54, 1.807) is 0 Å². The molecule has 0 N–H and O–H groups in total. The van der Waals surface area contributed by atoms with Gasteiger partial charge in [-0.05, 0) is 38.0 Å². The first kappa shape index (κ1) is 12.1. The molecule has 98 valence electrons. The van der Waals surface area contributed by atoms with Crippen molar-refractivity contribution in [3.8, 4) is 11.8 Å². The van der Waals surface area contributed by atoms with Gasteiger partial charge in [-0.15, -0.1) is 0 Å². The molecule has 1 aromatic heterocycles. The van der Waals surface area contributed by atoms with Gasteiger partial charge in [0.05, 0.1) is 18.2 Å². The van der Waals surface area contributed by atoms with Gasteiger partial charge in [-0.25, -0.2) is 0 Å². The summed E-state index contributed by atoms with van der Waals surface area (Å²) in [4.78, 5) is 0. The molecule has 0 saturated heterocycles. The van der Waals surface area contributed by atoms with E-state index in [1.807, 2.05) is 19.1 Å². The van der Waals surface area contributed by atoms with Gasteiger partial charge in [-0.1, -0.05) is 6.07 Å². The van der Waals surface area contributed by atoms with Crippen LogP contribution in [0.3, 0.4) is 0 Å². The quantitative estimate of drug-likeness (QED) is 0.815. The van der Waals surface area contributed by atoms with Crippen LogP contribution >= 0.6 is 0 Å². The summed E-state index contributed by atoms with van der Waals surface area (Å²) in [7, 11) is 0. The van der Waals surface area contributed by atoms with E-state index in [9.17, 15) is 0 Å². The molecule has 2 aromatic rings. The number of nitriles is 1. The van der Waals surface area contributed by atoms with Crippen molar-refractivity contribution in [3.05, 3.63) is 30.5 Å². The fourth-order valence-electron chi connectivity index (χ4n) is 2.71. The number of aromatic nitrogens is 1. The normalized spacial score (nSPS) is 16.2. The van der Waals surface area contributed by atoms with Gasteiger partial charge in [0.1, 0.15) is 5.75 Å². The van der Waals surface area contributed by atoms with Crippen LogP contribution in [0.15, 0.2) is 30.5 Å². The molecule has 0 aliphatic heterocycles. The Morgan fingerprint density at radius 3 is 2.89 bits per heavy atom. The Morgan fingerprint density at radius 2 is 2.21 bits per heavy atom. The van der Waals surface area contributed by atoms with Gasteiger partial charge in [0.2, 0.25) is 0 Å². The van der Waals surface area contributed by atoms with Crippen molar-refractivity contribution in [1.29, 1.82) is 5.26 Å². The first-order valence-corrected chi connectivity index (χ1v) is 6.86. The predicted octanol–water partition coefficient (Wildman–Crippen LogP) is 3.73. The van der Waals surface area contributed by atoms with E-state index in [1.165, 1.54) is 18.4 Å². The highest BCUT2D eigenvalue weighted by Gasteiger charge is 2.42. The summed E-state index contributed by atoms with van der Waals surface area (Å²) in [6.45, 7) is 3.63. The molecule has 0 unspecified atom stereocenters. The predicted molar refractivity (Wildman–Crippen MR) is 75.0 cm³/mol.